The Labute approximate surface area is 83.5 Å². The maximum atomic E-state index is 12.7. The fourth-order valence-corrected chi connectivity index (χ4v) is 1.04. The van der Waals surface area contributed by atoms with E-state index in [-0.39, 0.29) is 12.1 Å². The highest BCUT2D eigenvalue weighted by atomic mass is 19.4. The Morgan fingerprint density at radius 3 is 2.53 bits per heavy atom. The number of hydrogen-bond donors (Lipinski definition) is 2. The maximum Gasteiger partial charge on any atom is 0.401 e. The van der Waals surface area contributed by atoms with Crippen molar-refractivity contribution in [2.24, 2.45) is 0 Å². The molecule has 0 fully saturated rings. The molecule has 6 heteroatoms. The molecule has 0 heterocycles. The van der Waals surface area contributed by atoms with Crippen molar-refractivity contribution in [3.8, 4) is 5.75 Å². The van der Waals surface area contributed by atoms with Crippen molar-refractivity contribution in [2.75, 3.05) is 6.54 Å². The third kappa shape index (κ3) is 3.75. The third-order valence-electron chi connectivity index (χ3n) is 1.71. The lowest BCUT2D eigenvalue weighted by Crippen LogP contribution is -2.28. The van der Waals surface area contributed by atoms with Gasteiger partial charge < -0.3 is 10.4 Å². The zero-order valence-corrected chi connectivity index (χ0v) is 7.61. The summed E-state index contributed by atoms with van der Waals surface area (Å²) in [7, 11) is 0. The molecule has 15 heavy (non-hydrogen) atoms. The summed E-state index contributed by atoms with van der Waals surface area (Å²) < 4.78 is 48.0. The van der Waals surface area contributed by atoms with Gasteiger partial charge in [-0.15, -0.1) is 0 Å². The summed E-state index contributed by atoms with van der Waals surface area (Å²) in [6.07, 6.45) is -4.32. The lowest BCUT2D eigenvalue weighted by Gasteiger charge is -2.09. The van der Waals surface area contributed by atoms with Gasteiger partial charge in [0.15, 0.2) is 11.6 Å². The normalized spacial score (nSPS) is 11.7. The summed E-state index contributed by atoms with van der Waals surface area (Å²) in [6, 6.07) is 3.70. The largest absolute Gasteiger partial charge is 0.505 e. The molecule has 0 saturated carbocycles. The number of nitrogens with one attached hydrogen (secondary N) is 1. The summed E-state index contributed by atoms with van der Waals surface area (Å²) in [4.78, 5) is 0. The first kappa shape index (κ1) is 11.8. The van der Waals surface area contributed by atoms with Crippen molar-refractivity contribution in [1.82, 2.24) is 5.32 Å². The highest BCUT2D eigenvalue weighted by Crippen LogP contribution is 2.20. The Kier molecular flexibility index (Phi) is 3.52. The second-order valence-electron chi connectivity index (χ2n) is 2.97. The van der Waals surface area contributed by atoms with Gasteiger partial charge in [0.2, 0.25) is 0 Å². The molecule has 0 atom stereocenters. The molecule has 0 aliphatic rings. The second kappa shape index (κ2) is 4.48. The molecule has 0 aliphatic heterocycles. The van der Waals surface area contributed by atoms with Gasteiger partial charge in [0.1, 0.15) is 0 Å². The van der Waals surface area contributed by atoms with Gasteiger partial charge in [-0.05, 0) is 6.07 Å². The van der Waals surface area contributed by atoms with Crippen molar-refractivity contribution in [3.05, 3.63) is 29.6 Å². The number of halogens is 4. The Balaban J connectivity index is 2.55. The monoisotopic (exact) mass is 223 g/mol. The molecule has 0 aromatic heterocycles. The van der Waals surface area contributed by atoms with Gasteiger partial charge in [0.25, 0.3) is 0 Å². The zero-order chi connectivity index (χ0) is 11.5. The Morgan fingerprint density at radius 2 is 1.93 bits per heavy atom. The average molecular weight is 223 g/mol. The van der Waals surface area contributed by atoms with Crippen LogP contribution in [0.2, 0.25) is 0 Å². The zero-order valence-electron chi connectivity index (χ0n) is 7.61. The molecular formula is C9H9F4NO. The fraction of sp³-hybridized carbons (Fsp3) is 0.333. The Hall–Kier alpha value is -1.30. The third-order valence-corrected chi connectivity index (χ3v) is 1.71. The van der Waals surface area contributed by atoms with E-state index in [9.17, 15) is 17.6 Å². The first-order valence-electron chi connectivity index (χ1n) is 4.14. The van der Waals surface area contributed by atoms with E-state index in [1.165, 1.54) is 12.1 Å². The van der Waals surface area contributed by atoms with Crippen molar-refractivity contribution < 1.29 is 22.7 Å². The lowest BCUT2D eigenvalue weighted by atomic mass is 10.2. The molecular weight excluding hydrogens is 214 g/mol. The molecule has 1 aromatic rings. The molecule has 0 aliphatic carbocycles. The van der Waals surface area contributed by atoms with Crippen molar-refractivity contribution in [2.45, 2.75) is 12.7 Å². The number of benzene rings is 1. The number of phenolic OH excluding ortho intramolecular Hbond substituents is 1. The van der Waals surface area contributed by atoms with Crippen LogP contribution in [0.25, 0.3) is 0 Å². The number of phenols is 1. The molecule has 2 N–H and O–H groups in total. The SMILES string of the molecule is Oc1c(F)cccc1CNCC(F)(F)F. The van der Waals surface area contributed by atoms with Crippen molar-refractivity contribution >= 4 is 0 Å². The second-order valence-corrected chi connectivity index (χ2v) is 2.97. The van der Waals surface area contributed by atoms with Crippen LogP contribution in [0.4, 0.5) is 17.6 Å². The van der Waals surface area contributed by atoms with Gasteiger partial charge in [-0.25, -0.2) is 4.39 Å². The Morgan fingerprint density at radius 1 is 1.27 bits per heavy atom. The molecule has 0 bridgehead atoms. The van der Waals surface area contributed by atoms with E-state index in [0.717, 1.165) is 6.07 Å². The van der Waals surface area contributed by atoms with Gasteiger partial charge in [-0.1, -0.05) is 12.1 Å². The van der Waals surface area contributed by atoms with Crippen LogP contribution in [0, 0.1) is 5.82 Å². The predicted molar refractivity (Wildman–Crippen MR) is 45.8 cm³/mol. The highest BCUT2D eigenvalue weighted by molar-refractivity contribution is 5.33. The van der Waals surface area contributed by atoms with E-state index < -0.39 is 24.3 Å². The molecule has 0 amide bonds. The first-order chi connectivity index (χ1) is 6.90. The van der Waals surface area contributed by atoms with Gasteiger partial charge in [0, 0.05) is 12.1 Å². The van der Waals surface area contributed by atoms with E-state index in [2.05, 4.69) is 5.32 Å². The molecule has 84 valence electrons. The van der Waals surface area contributed by atoms with Gasteiger partial charge in [0.05, 0.1) is 6.54 Å². The predicted octanol–water partition coefficient (Wildman–Crippen LogP) is 2.18. The van der Waals surface area contributed by atoms with E-state index in [0.29, 0.717) is 0 Å². The molecule has 0 radical (unpaired) electrons. The van der Waals surface area contributed by atoms with E-state index in [4.69, 9.17) is 5.11 Å². The van der Waals surface area contributed by atoms with Crippen LogP contribution in [-0.2, 0) is 6.54 Å². The summed E-state index contributed by atoms with van der Waals surface area (Å²) in [5.74, 6) is -1.46. The van der Waals surface area contributed by atoms with Crippen LogP contribution in [-0.4, -0.2) is 17.8 Å². The molecule has 0 saturated heterocycles. The average Bonchev–Trinajstić information content (AvgIpc) is 2.10. The van der Waals surface area contributed by atoms with Crippen LogP contribution in [0.5, 0.6) is 5.75 Å². The molecule has 1 rings (SSSR count). The van der Waals surface area contributed by atoms with E-state index >= 15 is 0 Å². The summed E-state index contributed by atoms with van der Waals surface area (Å²) in [5, 5.41) is 11.2. The maximum absolute atomic E-state index is 12.7. The van der Waals surface area contributed by atoms with Crippen LogP contribution in [0.3, 0.4) is 0 Å². The molecule has 1 aromatic carbocycles. The number of alkyl halides is 3. The van der Waals surface area contributed by atoms with E-state index in [1.807, 2.05) is 0 Å². The van der Waals surface area contributed by atoms with Crippen LogP contribution in [0.15, 0.2) is 18.2 Å². The van der Waals surface area contributed by atoms with Gasteiger partial charge in [-0.3, -0.25) is 0 Å². The molecule has 0 unspecified atom stereocenters. The van der Waals surface area contributed by atoms with Crippen LogP contribution in [0.1, 0.15) is 5.56 Å². The number of para-hydroxylation sites is 1. The van der Waals surface area contributed by atoms with Crippen molar-refractivity contribution in [1.29, 1.82) is 0 Å². The van der Waals surface area contributed by atoms with Gasteiger partial charge >= 0.3 is 6.18 Å². The van der Waals surface area contributed by atoms with Crippen LogP contribution < -0.4 is 5.32 Å². The number of hydrogen-bond acceptors (Lipinski definition) is 2. The topological polar surface area (TPSA) is 32.3 Å². The molecule has 0 spiro atoms. The van der Waals surface area contributed by atoms with Gasteiger partial charge in [-0.2, -0.15) is 13.2 Å². The summed E-state index contributed by atoms with van der Waals surface area (Å²) in [6.45, 7) is -1.41. The number of aromatic hydroxyl groups is 1. The van der Waals surface area contributed by atoms with E-state index in [1.54, 1.807) is 0 Å². The smallest absolute Gasteiger partial charge is 0.401 e. The minimum Gasteiger partial charge on any atom is -0.505 e. The number of rotatable bonds is 3. The first-order valence-corrected chi connectivity index (χ1v) is 4.14. The highest BCUT2D eigenvalue weighted by Gasteiger charge is 2.26. The molecule has 2 nitrogen and oxygen atoms in total. The minimum atomic E-state index is -4.32. The summed E-state index contributed by atoms with van der Waals surface area (Å²) in [5.41, 5.74) is 0.0965. The summed E-state index contributed by atoms with van der Waals surface area (Å²) >= 11 is 0. The lowest BCUT2D eigenvalue weighted by molar-refractivity contribution is -0.125. The standard InChI is InChI=1S/C9H9F4NO/c10-7-3-1-2-6(8(7)15)4-14-5-9(11,12)13/h1-3,14-15H,4-5H2. The fourth-order valence-electron chi connectivity index (χ4n) is 1.04. The van der Waals surface area contributed by atoms with Crippen molar-refractivity contribution in [3.63, 3.8) is 0 Å². The minimum absolute atomic E-state index is 0.0965. The Bertz CT molecular complexity index is 337. The van der Waals surface area contributed by atoms with Crippen LogP contribution >= 0.6 is 0 Å². The quantitative estimate of drug-likeness (QED) is 0.770.